The van der Waals surface area contributed by atoms with Gasteiger partial charge in [-0.15, -0.1) is 0 Å². The van der Waals surface area contributed by atoms with Gasteiger partial charge in [-0.3, -0.25) is 0 Å². The van der Waals surface area contributed by atoms with Crippen LogP contribution < -0.4 is 0 Å². The molecule has 6 nitrogen and oxygen atoms in total. The quantitative estimate of drug-likeness (QED) is 0.930. The van der Waals surface area contributed by atoms with Crippen LogP contribution in [0.2, 0.25) is 0 Å². The molecule has 0 aromatic heterocycles. The molecule has 23 heavy (non-hydrogen) atoms. The predicted molar refractivity (Wildman–Crippen MR) is 84.1 cm³/mol. The minimum absolute atomic E-state index is 0.0284. The van der Waals surface area contributed by atoms with Gasteiger partial charge < -0.3 is 19.6 Å². The fourth-order valence-corrected chi connectivity index (χ4v) is 3.75. The average Bonchev–Trinajstić information content (AvgIpc) is 2.83. The lowest BCUT2D eigenvalue weighted by Gasteiger charge is -2.40. The van der Waals surface area contributed by atoms with Gasteiger partial charge in [-0.05, 0) is 31.2 Å². The zero-order valence-corrected chi connectivity index (χ0v) is 13.2. The Bertz CT molecular complexity index is 563. The summed E-state index contributed by atoms with van der Waals surface area (Å²) in [6, 6.07) is 9.67. The second-order valence-electron chi connectivity index (χ2n) is 6.35. The van der Waals surface area contributed by atoms with Gasteiger partial charge in [0, 0.05) is 25.2 Å². The number of ether oxygens (including phenoxy) is 1. The summed E-state index contributed by atoms with van der Waals surface area (Å²) in [5.41, 5.74) is 0.954. The van der Waals surface area contributed by atoms with E-state index in [0.29, 0.717) is 12.8 Å². The van der Waals surface area contributed by atoms with Crippen LogP contribution in [-0.2, 0) is 11.3 Å². The fraction of sp³-hybridized carbons (Fsp3) is 0.529. The van der Waals surface area contributed by atoms with Crippen molar-refractivity contribution < 1.29 is 19.4 Å². The minimum atomic E-state index is -0.842. The van der Waals surface area contributed by atoms with Gasteiger partial charge in [-0.25, -0.2) is 9.59 Å². The number of carboxylic acid groups (broad SMARTS) is 1. The van der Waals surface area contributed by atoms with Crippen molar-refractivity contribution >= 4 is 12.2 Å². The van der Waals surface area contributed by atoms with Crippen LogP contribution in [0.25, 0.3) is 0 Å². The molecule has 2 amide bonds. The number of hydrogen-bond acceptors (Lipinski definition) is 3. The lowest BCUT2D eigenvalue weighted by atomic mass is 9.97. The highest BCUT2D eigenvalue weighted by Crippen LogP contribution is 2.37. The lowest BCUT2D eigenvalue weighted by Crippen LogP contribution is -2.52. The predicted octanol–water partition coefficient (Wildman–Crippen LogP) is 2.93. The van der Waals surface area contributed by atoms with E-state index < -0.39 is 6.09 Å². The Hall–Kier alpha value is -2.24. The maximum absolute atomic E-state index is 12.2. The third-order valence-electron chi connectivity index (χ3n) is 4.97. The Kier molecular flexibility index (Phi) is 4.41. The normalized spacial score (nSPS) is 26.0. The third kappa shape index (κ3) is 3.25. The Morgan fingerprint density at radius 1 is 1.22 bits per heavy atom. The molecule has 3 rings (SSSR count). The first-order valence-electron chi connectivity index (χ1n) is 8.01. The summed E-state index contributed by atoms with van der Waals surface area (Å²) in [7, 11) is 1.74. The van der Waals surface area contributed by atoms with Crippen LogP contribution in [-0.4, -0.2) is 52.3 Å². The molecule has 124 valence electrons. The van der Waals surface area contributed by atoms with E-state index >= 15 is 0 Å². The maximum atomic E-state index is 12.2. The number of benzene rings is 1. The largest absolute Gasteiger partial charge is 0.465 e. The van der Waals surface area contributed by atoms with Crippen LogP contribution in [0.1, 0.15) is 31.2 Å². The zero-order valence-electron chi connectivity index (χ0n) is 13.2. The Labute approximate surface area is 135 Å². The van der Waals surface area contributed by atoms with Crippen molar-refractivity contribution in [3.8, 4) is 0 Å². The average molecular weight is 318 g/mol. The summed E-state index contributed by atoms with van der Waals surface area (Å²) in [6.07, 6.45) is 1.98. The number of amides is 2. The van der Waals surface area contributed by atoms with Crippen LogP contribution in [0.3, 0.4) is 0 Å². The molecule has 1 N–H and O–H groups in total. The fourth-order valence-electron chi connectivity index (χ4n) is 3.75. The molecule has 0 spiro atoms. The molecule has 0 aliphatic carbocycles. The van der Waals surface area contributed by atoms with Crippen LogP contribution in [0, 0.1) is 0 Å². The summed E-state index contributed by atoms with van der Waals surface area (Å²) in [5.74, 6) is 0. The molecule has 2 aliphatic heterocycles. The standard InChI is InChI=1S/C17H22N2O4/c1-18(17(22)23-11-12-5-3-2-4-6-12)15-9-13-7-8-14(10-15)19(13)16(20)21/h2-6,13-15H,7-11H2,1H3,(H,20,21)/t13-,14+,15+. The molecule has 0 saturated carbocycles. The van der Waals surface area contributed by atoms with E-state index in [9.17, 15) is 14.7 Å². The van der Waals surface area contributed by atoms with Gasteiger partial charge in [0.05, 0.1) is 0 Å². The van der Waals surface area contributed by atoms with E-state index in [1.807, 2.05) is 30.3 Å². The topological polar surface area (TPSA) is 70.1 Å². The monoisotopic (exact) mass is 318 g/mol. The first-order valence-corrected chi connectivity index (χ1v) is 8.01. The number of hydrogen-bond donors (Lipinski definition) is 1. The molecule has 1 aromatic carbocycles. The molecule has 0 unspecified atom stereocenters. The van der Waals surface area contributed by atoms with Crippen molar-refractivity contribution in [2.75, 3.05) is 7.05 Å². The van der Waals surface area contributed by atoms with Crippen LogP contribution in [0.4, 0.5) is 9.59 Å². The van der Waals surface area contributed by atoms with Crippen molar-refractivity contribution in [2.45, 2.75) is 50.4 Å². The Balaban J connectivity index is 1.55. The van der Waals surface area contributed by atoms with E-state index in [1.165, 1.54) is 0 Å². The highest BCUT2D eigenvalue weighted by Gasteiger charge is 2.45. The molecule has 2 heterocycles. The highest BCUT2D eigenvalue weighted by molar-refractivity contribution is 5.68. The van der Waals surface area contributed by atoms with Gasteiger partial charge in [0.25, 0.3) is 0 Å². The summed E-state index contributed by atoms with van der Waals surface area (Å²) in [5, 5.41) is 9.28. The smallest absolute Gasteiger partial charge is 0.410 e. The van der Waals surface area contributed by atoms with Crippen LogP contribution in [0.5, 0.6) is 0 Å². The number of carbonyl (C=O) groups is 2. The van der Waals surface area contributed by atoms with E-state index in [-0.39, 0.29) is 30.8 Å². The van der Waals surface area contributed by atoms with Crippen LogP contribution in [0.15, 0.2) is 30.3 Å². The SMILES string of the molecule is CN(C(=O)OCc1ccccc1)[C@H]1C[C@H]2CC[C@@H](C1)N2C(=O)O. The van der Waals surface area contributed by atoms with Gasteiger partial charge in [-0.1, -0.05) is 30.3 Å². The Morgan fingerprint density at radius 3 is 2.39 bits per heavy atom. The van der Waals surface area contributed by atoms with Crippen molar-refractivity contribution in [3.05, 3.63) is 35.9 Å². The van der Waals surface area contributed by atoms with E-state index in [1.54, 1.807) is 16.8 Å². The van der Waals surface area contributed by atoms with Gasteiger partial charge in [0.15, 0.2) is 0 Å². The molecule has 1 aromatic rings. The summed E-state index contributed by atoms with van der Waals surface area (Å²) < 4.78 is 5.37. The lowest BCUT2D eigenvalue weighted by molar-refractivity contribution is 0.0501. The molecular weight excluding hydrogens is 296 g/mol. The molecule has 0 radical (unpaired) electrons. The molecule has 2 fully saturated rings. The third-order valence-corrected chi connectivity index (χ3v) is 4.97. The van der Waals surface area contributed by atoms with Crippen molar-refractivity contribution in [1.82, 2.24) is 9.80 Å². The minimum Gasteiger partial charge on any atom is -0.465 e. The second-order valence-corrected chi connectivity index (χ2v) is 6.35. The van der Waals surface area contributed by atoms with Gasteiger partial charge in [0.1, 0.15) is 6.61 Å². The van der Waals surface area contributed by atoms with E-state index in [0.717, 1.165) is 18.4 Å². The first-order chi connectivity index (χ1) is 11.1. The van der Waals surface area contributed by atoms with Gasteiger partial charge in [0.2, 0.25) is 0 Å². The number of carbonyl (C=O) groups excluding carboxylic acids is 1. The van der Waals surface area contributed by atoms with Gasteiger partial charge >= 0.3 is 12.2 Å². The number of piperidine rings is 1. The first kappa shape index (κ1) is 15.6. The molecule has 2 bridgehead atoms. The number of nitrogens with zero attached hydrogens (tertiary/aromatic N) is 2. The van der Waals surface area contributed by atoms with Gasteiger partial charge in [-0.2, -0.15) is 0 Å². The van der Waals surface area contributed by atoms with Crippen molar-refractivity contribution in [2.24, 2.45) is 0 Å². The summed E-state index contributed by atoms with van der Waals surface area (Å²) >= 11 is 0. The van der Waals surface area contributed by atoms with Crippen LogP contribution >= 0.6 is 0 Å². The maximum Gasteiger partial charge on any atom is 0.410 e. The van der Waals surface area contributed by atoms with Crippen molar-refractivity contribution in [1.29, 1.82) is 0 Å². The summed E-state index contributed by atoms with van der Waals surface area (Å²) in [6.45, 7) is 0.255. The molecular formula is C17H22N2O4. The highest BCUT2D eigenvalue weighted by atomic mass is 16.6. The zero-order chi connectivity index (χ0) is 16.4. The number of rotatable bonds is 3. The molecule has 6 heteroatoms. The van der Waals surface area contributed by atoms with E-state index in [2.05, 4.69) is 0 Å². The molecule has 2 saturated heterocycles. The Morgan fingerprint density at radius 2 is 1.83 bits per heavy atom. The molecule has 3 atom stereocenters. The second kappa shape index (κ2) is 6.48. The van der Waals surface area contributed by atoms with Crippen molar-refractivity contribution in [3.63, 3.8) is 0 Å². The number of fused-ring (bicyclic) bond motifs is 2. The van der Waals surface area contributed by atoms with E-state index in [4.69, 9.17) is 4.74 Å². The summed E-state index contributed by atoms with van der Waals surface area (Å²) in [4.78, 5) is 26.7. The molecule has 2 aliphatic rings.